The monoisotopic (exact) mass is 246 g/mol. The minimum absolute atomic E-state index is 0.192. The van der Waals surface area contributed by atoms with Crippen LogP contribution >= 0.6 is 0 Å². The van der Waals surface area contributed by atoms with Crippen LogP contribution in [0.5, 0.6) is 0 Å². The minimum atomic E-state index is 0.192. The van der Waals surface area contributed by atoms with Crippen molar-refractivity contribution < 1.29 is 0 Å². The Balaban J connectivity index is 3.60. The number of rotatable bonds is 4. The van der Waals surface area contributed by atoms with Crippen molar-refractivity contribution in [3.8, 4) is 0 Å². The quantitative estimate of drug-likeness (QED) is 0.602. The summed E-state index contributed by atoms with van der Waals surface area (Å²) in [5.41, 5.74) is 10.5. The van der Waals surface area contributed by atoms with Crippen molar-refractivity contribution in [1.29, 1.82) is 5.41 Å². The first kappa shape index (κ1) is 14.7. The van der Waals surface area contributed by atoms with Crippen molar-refractivity contribution in [1.82, 2.24) is 0 Å². The van der Waals surface area contributed by atoms with E-state index in [4.69, 9.17) is 11.1 Å². The first-order chi connectivity index (χ1) is 8.25. The van der Waals surface area contributed by atoms with E-state index in [1.54, 1.807) is 0 Å². The molecule has 2 nitrogen and oxygen atoms in total. The van der Waals surface area contributed by atoms with Crippen molar-refractivity contribution in [2.75, 3.05) is 0 Å². The molecule has 0 aliphatic heterocycles. The Morgan fingerprint density at radius 3 is 1.50 bits per heavy atom. The van der Waals surface area contributed by atoms with Gasteiger partial charge in [0.15, 0.2) is 0 Å². The summed E-state index contributed by atoms with van der Waals surface area (Å²) in [6.07, 6.45) is 0. The number of hydrogen-bond donors (Lipinski definition) is 2. The third-order valence-corrected chi connectivity index (χ3v) is 3.40. The maximum Gasteiger partial charge on any atom is 0.123 e. The van der Waals surface area contributed by atoms with Crippen molar-refractivity contribution in [3.63, 3.8) is 0 Å². The molecule has 100 valence electrons. The highest BCUT2D eigenvalue weighted by atomic mass is 14.7. The molecule has 0 amide bonds. The van der Waals surface area contributed by atoms with E-state index in [2.05, 4.69) is 53.7 Å². The Bertz CT molecular complexity index is 413. The average molecular weight is 246 g/mol. The lowest BCUT2D eigenvalue weighted by Crippen LogP contribution is -2.18. The molecule has 1 aromatic carbocycles. The zero-order valence-corrected chi connectivity index (χ0v) is 12.5. The number of amidine groups is 1. The summed E-state index contributed by atoms with van der Waals surface area (Å²) < 4.78 is 0. The normalized spacial score (nSPS) is 11.6. The molecule has 0 atom stereocenters. The van der Waals surface area contributed by atoms with E-state index in [9.17, 15) is 0 Å². The second-order valence-corrected chi connectivity index (χ2v) is 5.95. The first-order valence-electron chi connectivity index (χ1n) is 6.77. The summed E-state index contributed by atoms with van der Waals surface area (Å²) in [6.45, 7) is 13.1. The molecule has 0 saturated carbocycles. The third kappa shape index (κ3) is 2.92. The molecule has 0 fully saturated rings. The van der Waals surface area contributed by atoms with Gasteiger partial charge in [-0.25, -0.2) is 0 Å². The molecule has 2 heteroatoms. The van der Waals surface area contributed by atoms with Gasteiger partial charge < -0.3 is 5.73 Å². The molecule has 3 N–H and O–H groups in total. The standard InChI is InChI=1S/C16H26N2/c1-9(2)12-7-13(10(3)4)15(16(17)18)14(8-12)11(5)6/h7-11H,1-6H3,(H3,17,18). The zero-order valence-electron chi connectivity index (χ0n) is 12.5. The maximum absolute atomic E-state index is 7.86. The Morgan fingerprint density at radius 2 is 1.28 bits per heavy atom. The highest BCUT2D eigenvalue weighted by Crippen LogP contribution is 2.31. The van der Waals surface area contributed by atoms with E-state index in [-0.39, 0.29) is 5.84 Å². The molecule has 0 aliphatic carbocycles. The fraction of sp³-hybridized carbons (Fsp3) is 0.562. The van der Waals surface area contributed by atoms with Crippen LogP contribution in [0.1, 0.15) is 81.5 Å². The van der Waals surface area contributed by atoms with Crippen molar-refractivity contribution >= 4 is 5.84 Å². The molecule has 0 unspecified atom stereocenters. The summed E-state index contributed by atoms with van der Waals surface area (Å²) >= 11 is 0. The van der Waals surface area contributed by atoms with Crippen LogP contribution in [0.4, 0.5) is 0 Å². The number of nitrogen functional groups attached to an aromatic ring is 1. The number of hydrogen-bond acceptors (Lipinski definition) is 1. The lowest BCUT2D eigenvalue weighted by Gasteiger charge is -2.22. The van der Waals surface area contributed by atoms with Gasteiger partial charge in [0.2, 0.25) is 0 Å². The summed E-state index contributed by atoms with van der Waals surface area (Å²) in [6, 6.07) is 4.44. The minimum Gasteiger partial charge on any atom is -0.384 e. The largest absolute Gasteiger partial charge is 0.384 e. The van der Waals surface area contributed by atoms with Gasteiger partial charge in [-0.3, -0.25) is 5.41 Å². The lowest BCUT2D eigenvalue weighted by molar-refractivity contribution is 0.800. The molecule has 1 rings (SSSR count). The lowest BCUT2D eigenvalue weighted by atomic mass is 9.84. The SMILES string of the molecule is CC(C)c1cc(C(C)C)c(C(=N)N)c(C(C)C)c1. The van der Waals surface area contributed by atoms with Gasteiger partial charge in [0.25, 0.3) is 0 Å². The molecular formula is C16H26N2. The van der Waals surface area contributed by atoms with Gasteiger partial charge in [0, 0.05) is 5.56 Å². The molecule has 1 aromatic rings. The predicted molar refractivity (Wildman–Crippen MR) is 79.7 cm³/mol. The third-order valence-electron chi connectivity index (χ3n) is 3.40. The van der Waals surface area contributed by atoms with Gasteiger partial charge in [-0.15, -0.1) is 0 Å². The highest BCUT2D eigenvalue weighted by Gasteiger charge is 2.18. The van der Waals surface area contributed by atoms with Crippen LogP contribution in [0.15, 0.2) is 12.1 Å². The van der Waals surface area contributed by atoms with E-state index >= 15 is 0 Å². The van der Waals surface area contributed by atoms with Gasteiger partial charge in [-0.1, -0.05) is 53.7 Å². The fourth-order valence-corrected chi connectivity index (χ4v) is 2.27. The molecule has 0 aliphatic rings. The van der Waals surface area contributed by atoms with E-state index in [0.29, 0.717) is 17.8 Å². The van der Waals surface area contributed by atoms with Crippen molar-refractivity contribution in [2.24, 2.45) is 5.73 Å². The van der Waals surface area contributed by atoms with Crippen molar-refractivity contribution in [2.45, 2.75) is 59.3 Å². The smallest absolute Gasteiger partial charge is 0.123 e. The number of nitrogens with one attached hydrogen (secondary N) is 1. The van der Waals surface area contributed by atoms with Crippen molar-refractivity contribution in [3.05, 3.63) is 34.4 Å². The van der Waals surface area contributed by atoms with Crippen LogP contribution in [-0.2, 0) is 0 Å². The van der Waals surface area contributed by atoms with E-state index in [1.807, 2.05) is 0 Å². The molecule has 0 spiro atoms. The molecule has 0 saturated heterocycles. The van der Waals surface area contributed by atoms with E-state index < -0.39 is 0 Å². The topological polar surface area (TPSA) is 49.9 Å². The van der Waals surface area contributed by atoms with Crippen LogP contribution in [0.25, 0.3) is 0 Å². The van der Waals surface area contributed by atoms with Gasteiger partial charge >= 0.3 is 0 Å². The van der Waals surface area contributed by atoms with Crippen LogP contribution in [0.2, 0.25) is 0 Å². The van der Waals surface area contributed by atoms with E-state index in [1.165, 1.54) is 16.7 Å². The Morgan fingerprint density at radius 1 is 0.889 bits per heavy atom. The molecule has 0 aromatic heterocycles. The predicted octanol–water partition coefficient (Wildman–Crippen LogP) is 4.34. The summed E-state index contributed by atoms with van der Waals surface area (Å²) in [5, 5.41) is 7.86. The average Bonchev–Trinajstić information content (AvgIpc) is 2.26. The van der Waals surface area contributed by atoms with E-state index in [0.717, 1.165) is 5.56 Å². The molecule has 18 heavy (non-hydrogen) atoms. The van der Waals surface area contributed by atoms with Crippen LogP contribution in [-0.4, -0.2) is 5.84 Å². The Kier molecular flexibility index (Phi) is 4.55. The Hall–Kier alpha value is -1.31. The van der Waals surface area contributed by atoms with Crippen LogP contribution in [0.3, 0.4) is 0 Å². The summed E-state index contributed by atoms with van der Waals surface area (Å²) in [7, 11) is 0. The highest BCUT2D eigenvalue weighted by molar-refractivity contribution is 5.98. The fourth-order valence-electron chi connectivity index (χ4n) is 2.27. The number of nitrogens with two attached hydrogens (primary N) is 1. The maximum atomic E-state index is 7.86. The van der Waals surface area contributed by atoms with Crippen LogP contribution < -0.4 is 5.73 Å². The molecule has 0 bridgehead atoms. The molecular weight excluding hydrogens is 220 g/mol. The summed E-state index contributed by atoms with van der Waals surface area (Å²) in [4.78, 5) is 0. The van der Waals surface area contributed by atoms with Gasteiger partial charge in [0.1, 0.15) is 5.84 Å². The van der Waals surface area contributed by atoms with Gasteiger partial charge in [0.05, 0.1) is 0 Å². The Labute approximate surface area is 111 Å². The molecule has 0 heterocycles. The summed E-state index contributed by atoms with van der Waals surface area (Å²) in [5.74, 6) is 1.47. The zero-order chi connectivity index (χ0) is 14.0. The molecule has 0 radical (unpaired) electrons. The first-order valence-corrected chi connectivity index (χ1v) is 6.77. The number of benzene rings is 1. The second-order valence-electron chi connectivity index (χ2n) is 5.95. The van der Waals surface area contributed by atoms with Crippen LogP contribution in [0, 0.1) is 5.41 Å². The second kappa shape index (κ2) is 5.55. The van der Waals surface area contributed by atoms with Gasteiger partial charge in [-0.2, -0.15) is 0 Å². The van der Waals surface area contributed by atoms with Gasteiger partial charge in [-0.05, 0) is 34.4 Å².